The van der Waals surface area contributed by atoms with Gasteiger partial charge in [-0.1, -0.05) is 0 Å². The Morgan fingerprint density at radius 3 is 2.79 bits per heavy atom. The van der Waals surface area contributed by atoms with Gasteiger partial charge in [0.2, 0.25) is 5.95 Å². The van der Waals surface area contributed by atoms with Gasteiger partial charge >= 0.3 is 0 Å². The van der Waals surface area contributed by atoms with E-state index in [9.17, 15) is 0 Å². The van der Waals surface area contributed by atoms with E-state index in [1.165, 1.54) is 3.57 Å². The van der Waals surface area contributed by atoms with Crippen molar-refractivity contribution in [3.8, 4) is 11.4 Å². The molecule has 2 aromatic rings. The van der Waals surface area contributed by atoms with Crippen LogP contribution in [0.1, 0.15) is 5.56 Å². The van der Waals surface area contributed by atoms with Gasteiger partial charge in [0, 0.05) is 9.13 Å². The Hall–Kier alpha value is -1.11. The van der Waals surface area contributed by atoms with E-state index in [-0.39, 0.29) is 5.95 Å². The lowest BCUT2D eigenvalue weighted by Gasteiger charge is -2.01. The summed E-state index contributed by atoms with van der Waals surface area (Å²) >= 11 is 2.28. The molecule has 0 aliphatic heterocycles. The van der Waals surface area contributed by atoms with E-state index >= 15 is 0 Å². The van der Waals surface area contributed by atoms with E-state index in [2.05, 4.69) is 43.8 Å². The zero-order valence-electron chi connectivity index (χ0n) is 7.58. The van der Waals surface area contributed by atoms with E-state index in [4.69, 9.17) is 5.73 Å². The van der Waals surface area contributed by atoms with Gasteiger partial charge in [0.1, 0.15) is 0 Å². The maximum atomic E-state index is 5.44. The molecular weight excluding hydrogens is 291 g/mol. The Kier molecular flexibility index (Phi) is 2.40. The first-order chi connectivity index (χ1) is 6.66. The normalized spacial score (nSPS) is 10.4. The van der Waals surface area contributed by atoms with Gasteiger partial charge in [0.05, 0.1) is 0 Å². The summed E-state index contributed by atoms with van der Waals surface area (Å²) in [6.45, 7) is 2.04. The summed E-state index contributed by atoms with van der Waals surface area (Å²) in [6.07, 6.45) is 0. The smallest absolute Gasteiger partial charge is 0.239 e. The molecule has 14 heavy (non-hydrogen) atoms. The molecule has 3 N–H and O–H groups in total. The third-order valence-corrected chi connectivity index (χ3v) is 2.62. The van der Waals surface area contributed by atoms with Crippen molar-refractivity contribution < 1.29 is 0 Å². The molecule has 72 valence electrons. The fourth-order valence-corrected chi connectivity index (χ4v) is 1.93. The van der Waals surface area contributed by atoms with E-state index < -0.39 is 0 Å². The molecule has 0 radical (unpaired) electrons. The number of aryl methyl sites for hydroxylation is 1. The first-order valence-corrected chi connectivity index (χ1v) is 5.19. The molecule has 2 rings (SSSR count). The second kappa shape index (κ2) is 3.56. The molecule has 1 aromatic carbocycles. The largest absolute Gasteiger partial charge is 0.366 e. The molecule has 0 atom stereocenters. The zero-order chi connectivity index (χ0) is 10.1. The third kappa shape index (κ3) is 1.72. The highest BCUT2D eigenvalue weighted by molar-refractivity contribution is 14.1. The minimum atomic E-state index is 0.276. The number of anilines is 1. The van der Waals surface area contributed by atoms with Gasteiger partial charge in [-0.05, 0) is 53.3 Å². The van der Waals surface area contributed by atoms with Crippen LogP contribution in [0.3, 0.4) is 0 Å². The molecule has 0 spiro atoms. The van der Waals surface area contributed by atoms with Gasteiger partial charge in [-0.25, -0.2) is 0 Å². The lowest BCUT2D eigenvalue weighted by Crippen LogP contribution is -1.87. The molecule has 0 amide bonds. The quantitative estimate of drug-likeness (QED) is 0.791. The molecule has 0 fully saturated rings. The van der Waals surface area contributed by atoms with Crippen molar-refractivity contribution in [2.75, 3.05) is 5.73 Å². The van der Waals surface area contributed by atoms with Crippen LogP contribution >= 0.6 is 22.6 Å². The minimum Gasteiger partial charge on any atom is -0.366 e. The predicted octanol–water partition coefficient (Wildman–Crippen LogP) is 1.97. The number of nitrogens with zero attached hydrogens (tertiary/aromatic N) is 2. The highest BCUT2D eigenvalue weighted by Crippen LogP contribution is 2.21. The molecule has 4 nitrogen and oxygen atoms in total. The van der Waals surface area contributed by atoms with Gasteiger partial charge in [-0.3, -0.25) is 5.10 Å². The number of nitrogens with one attached hydrogen (secondary N) is 1. The van der Waals surface area contributed by atoms with Crippen molar-refractivity contribution in [2.45, 2.75) is 6.92 Å². The van der Waals surface area contributed by atoms with Crippen LogP contribution in [-0.4, -0.2) is 15.2 Å². The lowest BCUT2D eigenvalue weighted by atomic mass is 10.1. The van der Waals surface area contributed by atoms with Gasteiger partial charge < -0.3 is 5.73 Å². The standard InChI is InChI=1S/C9H9IN4/c1-5-4-6(10)2-3-7(5)8-12-9(11)14-13-8/h2-4H,1H3,(H3,11,12,13,14). The van der Waals surface area contributed by atoms with Gasteiger partial charge in [-0.15, -0.1) is 5.10 Å². The highest BCUT2D eigenvalue weighted by atomic mass is 127. The summed E-state index contributed by atoms with van der Waals surface area (Å²) in [5, 5.41) is 6.59. The summed E-state index contributed by atoms with van der Waals surface area (Å²) in [7, 11) is 0. The summed E-state index contributed by atoms with van der Waals surface area (Å²) in [5.74, 6) is 0.995. The molecule has 0 unspecified atom stereocenters. The number of rotatable bonds is 1. The molecular formula is C9H9IN4. The van der Waals surface area contributed by atoms with Crippen molar-refractivity contribution in [1.82, 2.24) is 15.2 Å². The van der Waals surface area contributed by atoms with Gasteiger partial charge in [0.15, 0.2) is 5.82 Å². The van der Waals surface area contributed by atoms with Crippen LogP contribution in [0.15, 0.2) is 18.2 Å². The maximum Gasteiger partial charge on any atom is 0.239 e. The summed E-state index contributed by atoms with van der Waals surface area (Å²) < 4.78 is 1.20. The number of nitrogens with two attached hydrogens (primary N) is 1. The third-order valence-electron chi connectivity index (χ3n) is 1.95. The van der Waals surface area contributed by atoms with E-state index in [0.717, 1.165) is 17.0 Å². The van der Waals surface area contributed by atoms with E-state index in [1.54, 1.807) is 0 Å². The lowest BCUT2D eigenvalue weighted by molar-refractivity contribution is 1.10. The fourth-order valence-electron chi connectivity index (χ4n) is 1.29. The van der Waals surface area contributed by atoms with Crippen LogP contribution in [0.4, 0.5) is 5.95 Å². The zero-order valence-corrected chi connectivity index (χ0v) is 9.74. The second-order valence-electron chi connectivity index (χ2n) is 3.00. The molecule has 0 bridgehead atoms. The molecule has 1 heterocycles. The fraction of sp³-hybridized carbons (Fsp3) is 0.111. The van der Waals surface area contributed by atoms with Crippen molar-refractivity contribution in [3.63, 3.8) is 0 Å². The van der Waals surface area contributed by atoms with Crippen LogP contribution in [0.25, 0.3) is 11.4 Å². The Morgan fingerprint density at radius 2 is 2.21 bits per heavy atom. The summed E-state index contributed by atoms with van der Waals surface area (Å²) in [5.41, 5.74) is 7.64. The number of hydrogen-bond acceptors (Lipinski definition) is 3. The number of aromatic amines is 1. The van der Waals surface area contributed by atoms with Crippen molar-refractivity contribution in [1.29, 1.82) is 0 Å². The monoisotopic (exact) mass is 300 g/mol. The molecule has 5 heteroatoms. The topological polar surface area (TPSA) is 67.6 Å². The molecule has 0 saturated heterocycles. The summed E-state index contributed by atoms with van der Waals surface area (Å²) in [4.78, 5) is 4.08. The number of hydrogen-bond donors (Lipinski definition) is 2. The number of nitrogen functional groups attached to an aromatic ring is 1. The summed E-state index contributed by atoms with van der Waals surface area (Å²) in [6, 6.07) is 6.13. The van der Waals surface area contributed by atoms with Crippen molar-refractivity contribution in [2.24, 2.45) is 0 Å². The van der Waals surface area contributed by atoms with Gasteiger partial charge in [-0.2, -0.15) is 4.98 Å². The Morgan fingerprint density at radius 1 is 1.43 bits per heavy atom. The van der Waals surface area contributed by atoms with Crippen LogP contribution in [0, 0.1) is 10.5 Å². The predicted molar refractivity (Wildman–Crippen MR) is 63.7 cm³/mol. The number of benzene rings is 1. The number of aromatic nitrogens is 3. The van der Waals surface area contributed by atoms with E-state index in [0.29, 0.717) is 0 Å². The van der Waals surface area contributed by atoms with Crippen LogP contribution in [-0.2, 0) is 0 Å². The average Bonchev–Trinajstić information content (AvgIpc) is 2.51. The van der Waals surface area contributed by atoms with Crippen LogP contribution in [0.2, 0.25) is 0 Å². The first-order valence-electron chi connectivity index (χ1n) is 4.11. The SMILES string of the molecule is Cc1cc(I)ccc1-c1nc(N)n[nH]1. The average molecular weight is 300 g/mol. The number of H-pyrrole nitrogens is 1. The highest BCUT2D eigenvalue weighted by Gasteiger charge is 2.06. The minimum absolute atomic E-state index is 0.276. The number of halogens is 1. The van der Waals surface area contributed by atoms with Crippen LogP contribution < -0.4 is 5.73 Å². The van der Waals surface area contributed by atoms with Gasteiger partial charge in [0.25, 0.3) is 0 Å². The first kappa shape index (κ1) is 9.45. The second-order valence-corrected chi connectivity index (χ2v) is 4.25. The molecule has 1 aromatic heterocycles. The Labute approximate surface area is 95.1 Å². The molecule has 0 aliphatic rings. The molecule has 0 saturated carbocycles. The Balaban J connectivity index is 2.52. The Bertz CT molecular complexity index is 464. The van der Waals surface area contributed by atoms with Crippen molar-refractivity contribution >= 4 is 28.5 Å². The van der Waals surface area contributed by atoms with E-state index in [1.807, 2.05) is 19.1 Å². The van der Waals surface area contributed by atoms with Crippen molar-refractivity contribution in [3.05, 3.63) is 27.3 Å². The molecule has 0 aliphatic carbocycles. The maximum absolute atomic E-state index is 5.44. The van der Waals surface area contributed by atoms with Crippen LogP contribution in [0.5, 0.6) is 0 Å².